The lowest BCUT2D eigenvalue weighted by Crippen LogP contribution is -2.38. The molecule has 0 aliphatic carbocycles. The molecule has 110 valence electrons. The van der Waals surface area contributed by atoms with Crippen molar-refractivity contribution in [1.82, 2.24) is 5.32 Å². The molecule has 7 nitrogen and oxygen atoms in total. The summed E-state index contributed by atoms with van der Waals surface area (Å²) in [5.41, 5.74) is 0.182. The zero-order valence-electron chi connectivity index (χ0n) is 11.1. The van der Waals surface area contributed by atoms with Crippen LogP contribution in [0.5, 0.6) is 0 Å². The van der Waals surface area contributed by atoms with Crippen molar-refractivity contribution in [3.8, 4) is 0 Å². The van der Waals surface area contributed by atoms with Gasteiger partial charge in [-0.3, -0.25) is 14.3 Å². The Kier molecular flexibility index (Phi) is 5.09. The number of hydrogen-bond acceptors (Lipinski definition) is 4. The van der Waals surface area contributed by atoms with Crippen molar-refractivity contribution >= 4 is 27.6 Å². The van der Waals surface area contributed by atoms with E-state index in [1.165, 1.54) is 26.0 Å². The van der Waals surface area contributed by atoms with Gasteiger partial charge in [-0.05, 0) is 26.0 Å². The third-order valence-electron chi connectivity index (χ3n) is 2.54. The SMILES string of the molecule is CCS(=O)(=O)Nc1ccccc1C(=O)N[C@@H](C)C(=O)O. The number of aliphatic carboxylic acids is 1. The molecule has 1 rings (SSSR count). The zero-order chi connectivity index (χ0) is 15.3. The van der Waals surface area contributed by atoms with Gasteiger partial charge in [-0.15, -0.1) is 0 Å². The molecule has 0 bridgehead atoms. The van der Waals surface area contributed by atoms with Crippen LogP contribution in [0, 0.1) is 0 Å². The molecule has 1 atom stereocenters. The summed E-state index contributed by atoms with van der Waals surface area (Å²) in [5.74, 6) is -1.96. The molecular weight excluding hydrogens is 284 g/mol. The van der Waals surface area contributed by atoms with Crippen LogP contribution in [0.2, 0.25) is 0 Å². The Morgan fingerprint density at radius 2 is 1.90 bits per heavy atom. The Balaban J connectivity index is 3.01. The van der Waals surface area contributed by atoms with Gasteiger partial charge in [-0.2, -0.15) is 0 Å². The minimum absolute atomic E-state index is 0.0672. The number of carboxylic acid groups (broad SMARTS) is 1. The van der Waals surface area contributed by atoms with Crippen molar-refractivity contribution in [2.75, 3.05) is 10.5 Å². The van der Waals surface area contributed by atoms with Crippen LogP contribution in [0.4, 0.5) is 5.69 Å². The quantitative estimate of drug-likeness (QED) is 0.714. The largest absolute Gasteiger partial charge is 0.480 e. The highest BCUT2D eigenvalue weighted by Crippen LogP contribution is 2.16. The normalized spacial score (nSPS) is 12.5. The molecule has 0 heterocycles. The van der Waals surface area contributed by atoms with Crippen LogP contribution in [0.1, 0.15) is 24.2 Å². The Morgan fingerprint density at radius 1 is 1.30 bits per heavy atom. The first-order valence-corrected chi connectivity index (χ1v) is 7.55. The van der Waals surface area contributed by atoms with Crippen LogP contribution in [0.15, 0.2) is 24.3 Å². The maximum Gasteiger partial charge on any atom is 0.325 e. The number of hydrogen-bond donors (Lipinski definition) is 3. The molecule has 0 aliphatic heterocycles. The molecule has 1 aromatic rings. The minimum Gasteiger partial charge on any atom is -0.480 e. The molecule has 8 heteroatoms. The summed E-state index contributed by atoms with van der Waals surface area (Å²) in [7, 11) is -3.52. The van der Waals surface area contributed by atoms with Gasteiger partial charge < -0.3 is 10.4 Å². The first kappa shape index (κ1) is 16.0. The second-order valence-corrected chi connectivity index (χ2v) is 6.10. The van der Waals surface area contributed by atoms with Gasteiger partial charge in [0, 0.05) is 0 Å². The molecular formula is C12H16N2O5S. The summed E-state index contributed by atoms with van der Waals surface area (Å²) in [6, 6.07) is 4.92. The number of anilines is 1. The van der Waals surface area contributed by atoms with Crippen molar-refractivity contribution in [3.63, 3.8) is 0 Å². The van der Waals surface area contributed by atoms with E-state index in [4.69, 9.17) is 5.11 Å². The van der Waals surface area contributed by atoms with Gasteiger partial charge in [0.05, 0.1) is 17.0 Å². The fraction of sp³-hybridized carbons (Fsp3) is 0.333. The highest BCUT2D eigenvalue weighted by Gasteiger charge is 2.19. The van der Waals surface area contributed by atoms with Gasteiger partial charge in [0.1, 0.15) is 6.04 Å². The van der Waals surface area contributed by atoms with Crippen LogP contribution in [-0.4, -0.2) is 37.2 Å². The third kappa shape index (κ3) is 4.23. The van der Waals surface area contributed by atoms with Crippen molar-refractivity contribution in [3.05, 3.63) is 29.8 Å². The predicted octanol–water partition coefficient (Wildman–Crippen LogP) is 0.651. The smallest absolute Gasteiger partial charge is 0.325 e. The van der Waals surface area contributed by atoms with E-state index in [9.17, 15) is 18.0 Å². The Hall–Kier alpha value is -2.09. The lowest BCUT2D eigenvalue weighted by Gasteiger charge is -2.13. The Morgan fingerprint density at radius 3 is 2.45 bits per heavy atom. The first-order chi connectivity index (χ1) is 9.26. The molecule has 0 aromatic heterocycles. The fourth-order valence-corrected chi connectivity index (χ4v) is 2.00. The summed E-state index contributed by atoms with van der Waals surface area (Å²) in [4.78, 5) is 22.6. The highest BCUT2D eigenvalue weighted by molar-refractivity contribution is 7.92. The van der Waals surface area contributed by atoms with Gasteiger partial charge >= 0.3 is 5.97 Å². The zero-order valence-corrected chi connectivity index (χ0v) is 11.9. The van der Waals surface area contributed by atoms with E-state index in [-0.39, 0.29) is 17.0 Å². The number of rotatable bonds is 6. The van der Waals surface area contributed by atoms with Crippen LogP contribution in [0.25, 0.3) is 0 Å². The molecule has 3 N–H and O–H groups in total. The maximum absolute atomic E-state index is 11.9. The van der Waals surface area contributed by atoms with Crippen LogP contribution >= 0.6 is 0 Å². The summed E-state index contributed by atoms with van der Waals surface area (Å²) in [5, 5.41) is 11.0. The lowest BCUT2D eigenvalue weighted by molar-refractivity contribution is -0.138. The average Bonchev–Trinajstić information content (AvgIpc) is 2.38. The molecule has 1 amide bonds. The van der Waals surface area contributed by atoms with E-state index in [1.807, 2.05) is 0 Å². The van der Waals surface area contributed by atoms with Crippen LogP contribution in [0.3, 0.4) is 0 Å². The molecule has 20 heavy (non-hydrogen) atoms. The third-order valence-corrected chi connectivity index (χ3v) is 3.83. The Labute approximate surface area is 117 Å². The highest BCUT2D eigenvalue weighted by atomic mass is 32.2. The van der Waals surface area contributed by atoms with Crippen molar-refractivity contribution in [1.29, 1.82) is 0 Å². The molecule has 0 aliphatic rings. The lowest BCUT2D eigenvalue weighted by atomic mass is 10.1. The molecule has 0 radical (unpaired) electrons. The summed E-state index contributed by atoms with van der Waals surface area (Å²) in [6.07, 6.45) is 0. The number of sulfonamides is 1. The summed E-state index contributed by atoms with van der Waals surface area (Å²) in [6.45, 7) is 2.79. The number of carboxylic acids is 1. The van der Waals surface area contributed by atoms with E-state index in [0.717, 1.165) is 0 Å². The van der Waals surface area contributed by atoms with Crippen molar-refractivity contribution in [2.24, 2.45) is 0 Å². The number of para-hydroxylation sites is 1. The van der Waals surface area contributed by atoms with Gasteiger partial charge in [0.25, 0.3) is 5.91 Å². The Bertz CT molecular complexity index is 612. The predicted molar refractivity (Wildman–Crippen MR) is 74.1 cm³/mol. The van der Waals surface area contributed by atoms with E-state index in [2.05, 4.69) is 10.0 Å². The molecule has 1 aromatic carbocycles. The monoisotopic (exact) mass is 300 g/mol. The van der Waals surface area contributed by atoms with E-state index in [0.29, 0.717) is 0 Å². The van der Waals surface area contributed by atoms with Gasteiger partial charge in [0.15, 0.2) is 0 Å². The number of carbonyl (C=O) groups is 2. The van der Waals surface area contributed by atoms with E-state index < -0.39 is 27.9 Å². The number of amides is 1. The minimum atomic E-state index is -3.52. The standard InChI is InChI=1S/C12H16N2O5S/c1-3-20(18,19)14-10-7-5-4-6-9(10)11(15)13-8(2)12(16)17/h4-8,14H,3H2,1-2H3,(H,13,15)(H,16,17)/t8-/m0/s1. The maximum atomic E-state index is 11.9. The van der Waals surface area contributed by atoms with Gasteiger partial charge in [-0.25, -0.2) is 8.42 Å². The molecule has 0 spiro atoms. The first-order valence-electron chi connectivity index (χ1n) is 5.90. The second kappa shape index (κ2) is 6.38. The molecule has 0 saturated carbocycles. The fourth-order valence-electron chi connectivity index (χ4n) is 1.35. The number of carbonyl (C=O) groups excluding carboxylic acids is 1. The van der Waals surface area contributed by atoms with Crippen LogP contribution < -0.4 is 10.0 Å². The number of benzene rings is 1. The number of nitrogens with one attached hydrogen (secondary N) is 2. The summed E-state index contributed by atoms with van der Waals surface area (Å²) >= 11 is 0. The van der Waals surface area contributed by atoms with Gasteiger partial charge in [-0.1, -0.05) is 12.1 Å². The van der Waals surface area contributed by atoms with Gasteiger partial charge in [0.2, 0.25) is 10.0 Å². The van der Waals surface area contributed by atoms with Crippen molar-refractivity contribution in [2.45, 2.75) is 19.9 Å². The second-order valence-electron chi connectivity index (χ2n) is 4.08. The topological polar surface area (TPSA) is 113 Å². The van der Waals surface area contributed by atoms with E-state index >= 15 is 0 Å². The van der Waals surface area contributed by atoms with Crippen molar-refractivity contribution < 1.29 is 23.1 Å². The van der Waals surface area contributed by atoms with Crippen LogP contribution in [-0.2, 0) is 14.8 Å². The molecule has 0 unspecified atom stereocenters. The summed E-state index contributed by atoms with van der Waals surface area (Å²) < 4.78 is 25.4. The average molecular weight is 300 g/mol. The molecule has 0 fully saturated rings. The van der Waals surface area contributed by atoms with E-state index in [1.54, 1.807) is 12.1 Å². The molecule has 0 saturated heterocycles.